The van der Waals surface area contributed by atoms with Gasteiger partial charge in [0.15, 0.2) is 0 Å². The number of sulfonamides is 1. The minimum atomic E-state index is -3.14. The first kappa shape index (κ1) is 15.5. The van der Waals surface area contributed by atoms with Crippen LogP contribution >= 0.6 is 0 Å². The number of ether oxygens (including phenoxy) is 1. The van der Waals surface area contributed by atoms with Gasteiger partial charge in [0.05, 0.1) is 24.6 Å². The van der Waals surface area contributed by atoms with Crippen molar-refractivity contribution in [3.05, 3.63) is 29.6 Å². The van der Waals surface area contributed by atoms with E-state index >= 15 is 0 Å². The fourth-order valence-electron chi connectivity index (χ4n) is 1.31. The molecule has 1 aromatic rings. The Hall–Kier alpha value is -1.51. The lowest BCUT2D eigenvalue weighted by atomic mass is 10.2. The van der Waals surface area contributed by atoms with Crippen LogP contribution in [0, 0.1) is 0 Å². The average molecular weight is 287 g/mol. The number of nitrogens with one attached hydrogen (secondary N) is 2. The standard InChI is InChI=1S/C11H17N3O4S/c1-18-11(15)9-3-4-10(13-7-9)8-12-5-6-14-19(2,16)17/h3-4,7,12,14H,5-6,8H2,1-2H3. The second kappa shape index (κ2) is 7.17. The van der Waals surface area contributed by atoms with E-state index in [-0.39, 0.29) is 0 Å². The van der Waals surface area contributed by atoms with Crippen LogP contribution in [0.15, 0.2) is 18.3 Å². The Morgan fingerprint density at radius 3 is 2.63 bits per heavy atom. The number of carbonyl (C=O) groups excluding carboxylic acids is 1. The summed E-state index contributed by atoms with van der Waals surface area (Å²) in [4.78, 5) is 15.3. The number of pyridine rings is 1. The van der Waals surface area contributed by atoms with Gasteiger partial charge in [0.1, 0.15) is 0 Å². The van der Waals surface area contributed by atoms with Gasteiger partial charge in [0.2, 0.25) is 10.0 Å². The average Bonchev–Trinajstić information content (AvgIpc) is 2.37. The molecule has 1 aromatic heterocycles. The zero-order chi connectivity index (χ0) is 14.3. The molecule has 0 aliphatic rings. The van der Waals surface area contributed by atoms with E-state index in [4.69, 9.17) is 0 Å². The molecule has 0 aliphatic carbocycles. The van der Waals surface area contributed by atoms with Crippen LogP contribution in [0.4, 0.5) is 0 Å². The number of hydrogen-bond acceptors (Lipinski definition) is 6. The van der Waals surface area contributed by atoms with Gasteiger partial charge in [-0.1, -0.05) is 0 Å². The Balaban J connectivity index is 2.32. The summed E-state index contributed by atoms with van der Waals surface area (Å²) < 4.78 is 28.5. The predicted molar refractivity (Wildman–Crippen MR) is 70.1 cm³/mol. The number of carbonyl (C=O) groups is 1. The molecule has 0 aliphatic heterocycles. The SMILES string of the molecule is COC(=O)c1ccc(CNCCNS(C)(=O)=O)nc1. The topological polar surface area (TPSA) is 97.4 Å². The summed E-state index contributed by atoms with van der Waals surface area (Å²) in [5, 5.41) is 3.03. The zero-order valence-corrected chi connectivity index (χ0v) is 11.7. The van der Waals surface area contributed by atoms with Crippen molar-refractivity contribution in [2.75, 3.05) is 26.5 Å². The first-order chi connectivity index (χ1) is 8.92. The van der Waals surface area contributed by atoms with Crippen molar-refractivity contribution in [2.45, 2.75) is 6.54 Å². The molecule has 0 spiro atoms. The smallest absolute Gasteiger partial charge is 0.339 e. The fourth-order valence-corrected chi connectivity index (χ4v) is 1.78. The second-order valence-electron chi connectivity index (χ2n) is 3.87. The monoisotopic (exact) mass is 287 g/mol. The Morgan fingerprint density at radius 2 is 2.11 bits per heavy atom. The van der Waals surface area contributed by atoms with Crippen LogP contribution in [0.1, 0.15) is 16.1 Å². The van der Waals surface area contributed by atoms with E-state index in [9.17, 15) is 13.2 Å². The van der Waals surface area contributed by atoms with Gasteiger partial charge >= 0.3 is 5.97 Å². The van der Waals surface area contributed by atoms with Gasteiger partial charge in [0, 0.05) is 25.8 Å². The number of hydrogen-bond donors (Lipinski definition) is 2. The second-order valence-corrected chi connectivity index (χ2v) is 5.71. The summed E-state index contributed by atoms with van der Waals surface area (Å²) >= 11 is 0. The van der Waals surface area contributed by atoms with Crippen LogP contribution < -0.4 is 10.0 Å². The number of methoxy groups -OCH3 is 1. The highest BCUT2D eigenvalue weighted by Gasteiger charge is 2.05. The molecule has 0 saturated carbocycles. The largest absolute Gasteiger partial charge is 0.465 e. The van der Waals surface area contributed by atoms with E-state index in [0.717, 1.165) is 11.9 Å². The van der Waals surface area contributed by atoms with Crippen LogP contribution in [-0.4, -0.2) is 45.8 Å². The molecule has 19 heavy (non-hydrogen) atoms. The predicted octanol–water partition coefficient (Wildman–Crippen LogP) is -0.493. The molecule has 0 radical (unpaired) electrons. The third-order valence-electron chi connectivity index (χ3n) is 2.22. The fraction of sp³-hybridized carbons (Fsp3) is 0.455. The Labute approximate surface area is 112 Å². The van der Waals surface area contributed by atoms with Crippen LogP contribution in [-0.2, 0) is 21.3 Å². The van der Waals surface area contributed by atoms with Gasteiger partial charge in [-0.2, -0.15) is 0 Å². The minimum absolute atomic E-state index is 0.319. The van der Waals surface area contributed by atoms with Gasteiger partial charge in [-0.25, -0.2) is 17.9 Å². The molecule has 8 heteroatoms. The molecule has 0 aromatic carbocycles. The van der Waals surface area contributed by atoms with Gasteiger partial charge < -0.3 is 10.1 Å². The molecule has 1 rings (SSSR count). The third kappa shape index (κ3) is 6.27. The molecular weight excluding hydrogens is 270 g/mol. The first-order valence-electron chi connectivity index (χ1n) is 5.61. The van der Waals surface area contributed by atoms with E-state index in [0.29, 0.717) is 25.2 Å². The quantitative estimate of drug-likeness (QED) is 0.518. The van der Waals surface area contributed by atoms with Crippen molar-refractivity contribution < 1.29 is 17.9 Å². The maximum Gasteiger partial charge on any atom is 0.339 e. The first-order valence-corrected chi connectivity index (χ1v) is 7.50. The molecular formula is C11H17N3O4S. The molecule has 0 saturated heterocycles. The molecule has 0 fully saturated rings. The van der Waals surface area contributed by atoms with Crippen molar-refractivity contribution in [1.82, 2.24) is 15.0 Å². The molecule has 0 unspecified atom stereocenters. The number of aromatic nitrogens is 1. The molecule has 2 N–H and O–H groups in total. The Kier molecular flexibility index (Phi) is 5.87. The van der Waals surface area contributed by atoms with Crippen LogP contribution in [0.5, 0.6) is 0 Å². The van der Waals surface area contributed by atoms with E-state index in [1.54, 1.807) is 12.1 Å². The highest BCUT2D eigenvalue weighted by molar-refractivity contribution is 7.88. The van der Waals surface area contributed by atoms with E-state index in [2.05, 4.69) is 19.8 Å². The van der Waals surface area contributed by atoms with E-state index in [1.807, 2.05) is 0 Å². The molecule has 7 nitrogen and oxygen atoms in total. The van der Waals surface area contributed by atoms with Crippen molar-refractivity contribution >= 4 is 16.0 Å². The van der Waals surface area contributed by atoms with Crippen LogP contribution in [0.25, 0.3) is 0 Å². The Morgan fingerprint density at radius 1 is 1.37 bits per heavy atom. The zero-order valence-electron chi connectivity index (χ0n) is 10.8. The van der Waals surface area contributed by atoms with Crippen molar-refractivity contribution in [3.63, 3.8) is 0 Å². The Bertz CT molecular complexity index is 513. The van der Waals surface area contributed by atoms with Gasteiger partial charge in [-0.3, -0.25) is 4.98 Å². The summed E-state index contributed by atoms with van der Waals surface area (Å²) in [5.41, 5.74) is 1.15. The summed E-state index contributed by atoms with van der Waals surface area (Å²) in [5.74, 6) is -0.427. The third-order valence-corrected chi connectivity index (χ3v) is 2.95. The maximum absolute atomic E-state index is 11.2. The summed E-state index contributed by atoms with van der Waals surface area (Å²) in [6, 6.07) is 3.34. The van der Waals surface area contributed by atoms with Crippen LogP contribution in [0.3, 0.4) is 0 Å². The molecule has 1 heterocycles. The van der Waals surface area contributed by atoms with E-state index < -0.39 is 16.0 Å². The summed E-state index contributed by atoms with van der Waals surface area (Å²) in [6.45, 7) is 1.31. The van der Waals surface area contributed by atoms with Gasteiger partial charge in [-0.05, 0) is 12.1 Å². The number of nitrogens with zero attached hydrogens (tertiary/aromatic N) is 1. The highest BCUT2D eigenvalue weighted by atomic mass is 32.2. The van der Waals surface area contributed by atoms with Crippen LogP contribution in [0.2, 0.25) is 0 Å². The van der Waals surface area contributed by atoms with Crippen molar-refractivity contribution in [2.24, 2.45) is 0 Å². The van der Waals surface area contributed by atoms with Gasteiger partial charge in [-0.15, -0.1) is 0 Å². The normalized spacial score (nSPS) is 11.3. The number of rotatable bonds is 7. The minimum Gasteiger partial charge on any atom is -0.465 e. The van der Waals surface area contributed by atoms with Crippen molar-refractivity contribution in [1.29, 1.82) is 0 Å². The lowest BCUT2D eigenvalue weighted by Crippen LogP contribution is -2.30. The lowest BCUT2D eigenvalue weighted by Gasteiger charge is -2.05. The van der Waals surface area contributed by atoms with Gasteiger partial charge in [0.25, 0.3) is 0 Å². The summed E-state index contributed by atoms with van der Waals surface area (Å²) in [6.07, 6.45) is 2.55. The molecule has 106 valence electrons. The van der Waals surface area contributed by atoms with Crippen molar-refractivity contribution in [3.8, 4) is 0 Å². The maximum atomic E-state index is 11.2. The van der Waals surface area contributed by atoms with E-state index in [1.165, 1.54) is 13.3 Å². The number of esters is 1. The summed E-state index contributed by atoms with van der Waals surface area (Å²) in [7, 11) is -1.83. The highest BCUT2D eigenvalue weighted by Crippen LogP contribution is 2.01. The lowest BCUT2D eigenvalue weighted by molar-refractivity contribution is 0.0600. The molecule has 0 amide bonds. The molecule has 0 atom stereocenters. The molecule has 0 bridgehead atoms.